The van der Waals surface area contributed by atoms with Crippen LogP contribution in [0.3, 0.4) is 0 Å². The molecular formula is C19H22ClN5O2. The first-order chi connectivity index (χ1) is 13.0. The zero-order valence-corrected chi connectivity index (χ0v) is 16.1. The van der Waals surface area contributed by atoms with Gasteiger partial charge in [0.2, 0.25) is 11.8 Å². The highest BCUT2D eigenvalue weighted by molar-refractivity contribution is 6.32. The Labute approximate surface area is 162 Å². The van der Waals surface area contributed by atoms with E-state index >= 15 is 0 Å². The maximum absolute atomic E-state index is 9.42. The molecule has 1 aromatic carbocycles. The summed E-state index contributed by atoms with van der Waals surface area (Å²) >= 11 is 6.52. The second kappa shape index (κ2) is 7.32. The Kier molecular flexibility index (Phi) is 4.88. The number of nitrogens with zero attached hydrogens (tertiary/aromatic N) is 4. The summed E-state index contributed by atoms with van der Waals surface area (Å²) in [7, 11) is 3.73. The molecule has 0 saturated heterocycles. The predicted molar refractivity (Wildman–Crippen MR) is 106 cm³/mol. The van der Waals surface area contributed by atoms with Crippen molar-refractivity contribution in [2.45, 2.75) is 25.3 Å². The lowest BCUT2D eigenvalue weighted by molar-refractivity contribution is 0.229. The van der Waals surface area contributed by atoms with Crippen LogP contribution in [-0.2, 0) is 0 Å². The fourth-order valence-corrected chi connectivity index (χ4v) is 3.71. The molecule has 2 N–H and O–H groups in total. The van der Waals surface area contributed by atoms with Crippen molar-refractivity contribution in [3.63, 3.8) is 0 Å². The third-order valence-corrected chi connectivity index (χ3v) is 5.17. The molecule has 2 atom stereocenters. The first-order valence-electron chi connectivity index (χ1n) is 9.03. The minimum Gasteiger partial charge on any atom is -0.436 e. The van der Waals surface area contributed by atoms with Crippen LogP contribution in [0.2, 0.25) is 5.15 Å². The maximum Gasteiger partial charge on any atom is 0.234 e. The quantitative estimate of drug-likeness (QED) is 0.647. The summed E-state index contributed by atoms with van der Waals surface area (Å²) in [5, 5.41) is 13.2. The SMILES string of the molecule is CN(C)c1nc(Cl)c(-c2nc3ccccc3o2)c(N[C@H]2CC[C@@H](CO)C2)n1. The van der Waals surface area contributed by atoms with Crippen molar-refractivity contribution >= 4 is 34.5 Å². The van der Waals surface area contributed by atoms with Gasteiger partial charge in [-0.05, 0) is 37.3 Å². The Morgan fingerprint density at radius 3 is 2.74 bits per heavy atom. The minimum absolute atomic E-state index is 0.212. The van der Waals surface area contributed by atoms with E-state index in [0.29, 0.717) is 39.9 Å². The fourth-order valence-electron chi connectivity index (χ4n) is 3.46. The third kappa shape index (κ3) is 3.57. The molecule has 2 aromatic heterocycles. The zero-order valence-electron chi connectivity index (χ0n) is 15.3. The lowest BCUT2D eigenvalue weighted by Gasteiger charge is -2.19. The van der Waals surface area contributed by atoms with Crippen molar-refractivity contribution in [1.29, 1.82) is 0 Å². The molecule has 3 aromatic rings. The number of rotatable bonds is 5. The second-order valence-corrected chi connectivity index (χ2v) is 7.48. The summed E-state index contributed by atoms with van der Waals surface area (Å²) in [6.07, 6.45) is 2.85. The number of fused-ring (bicyclic) bond motifs is 1. The number of nitrogens with one attached hydrogen (secondary N) is 1. The number of benzene rings is 1. The largest absolute Gasteiger partial charge is 0.436 e. The van der Waals surface area contributed by atoms with Gasteiger partial charge in [-0.1, -0.05) is 23.7 Å². The fraction of sp³-hybridized carbons (Fsp3) is 0.421. The van der Waals surface area contributed by atoms with Crippen molar-refractivity contribution in [3.05, 3.63) is 29.4 Å². The zero-order chi connectivity index (χ0) is 19.0. The Balaban J connectivity index is 1.77. The van der Waals surface area contributed by atoms with Gasteiger partial charge in [0, 0.05) is 26.7 Å². The van der Waals surface area contributed by atoms with Crippen molar-refractivity contribution in [2.24, 2.45) is 5.92 Å². The summed E-state index contributed by atoms with van der Waals surface area (Å²) in [6, 6.07) is 7.78. The van der Waals surface area contributed by atoms with Crippen LogP contribution in [0, 0.1) is 5.92 Å². The van der Waals surface area contributed by atoms with Crippen molar-refractivity contribution in [3.8, 4) is 11.5 Å². The molecule has 1 saturated carbocycles. The van der Waals surface area contributed by atoms with E-state index in [0.717, 1.165) is 24.8 Å². The molecule has 27 heavy (non-hydrogen) atoms. The number of para-hydroxylation sites is 2. The standard InChI is InChI=1S/C19H22ClN5O2/c1-25(2)19-23-16(20)15(18-22-13-5-3-4-6-14(13)27-18)17(24-19)21-12-8-7-11(9-12)10-26/h3-6,11-12,26H,7-10H2,1-2H3,(H,21,23,24)/t11-,12+/m1/s1. The lowest BCUT2D eigenvalue weighted by atomic mass is 10.1. The average Bonchev–Trinajstić information content (AvgIpc) is 3.27. The van der Waals surface area contributed by atoms with Crippen LogP contribution in [-0.4, -0.2) is 46.8 Å². The number of aromatic nitrogens is 3. The van der Waals surface area contributed by atoms with E-state index < -0.39 is 0 Å². The van der Waals surface area contributed by atoms with Crippen LogP contribution in [0.1, 0.15) is 19.3 Å². The van der Waals surface area contributed by atoms with Gasteiger partial charge in [-0.2, -0.15) is 9.97 Å². The topological polar surface area (TPSA) is 87.3 Å². The summed E-state index contributed by atoms with van der Waals surface area (Å²) in [6.45, 7) is 0.212. The first-order valence-corrected chi connectivity index (χ1v) is 9.41. The number of oxazole rings is 1. The molecule has 8 heteroatoms. The van der Waals surface area contributed by atoms with Crippen LogP contribution in [0.15, 0.2) is 28.7 Å². The Morgan fingerprint density at radius 1 is 1.22 bits per heavy atom. The Bertz CT molecular complexity index is 925. The van der Waals surface area contributed by atoms with Crippen LogP contribution >= 0.6 is 11.6 Å². The minimum atomic E-state index is 0.212. The van der Waals surface area contributed by atoms with Gasteiger partial charge in [0.1, 0.15) is 22.1 Å². The number of hydrogen-bond donors (Lipinski definition) is 2. The Hall–Kier alpha value is -2.38. The number of aliphatic hydroxyl groups excluding tert-OH is 1. The molecule has 0 amide bonds. The first kappa shape index (κ1) is 18.0. The van der Waals surface area contributed by atoms with E-state index in [1.54, 1.807) is 4.90 Å². The summed E-state index contributed by atoms with van der Waals surface area (Å²) in [5.74, 6) is 1.83. The molecule has 4 rings (SSSR count). The van der Waals surface area contributed by atoms with Gasteiger partial charge in [-0.15, -0.1) is 0 Å². The molecular weight excluding hydrogens is 366 g/mol. The molecule has 0 radical (unpaired) electrons. The van der Waals surface area contributed by atoms with Crippen molar-refractivity contribution < 1.29 is 9.52 Å². The Morgan fingerprint density at radius 2 is 2.04 bits per heavy atom. The molecule has 142 valence electrons. The summed E-state index contributed by atoms with van der Waals surface area (Å²) in [5.41, 5.74) is 2.01. The molecule has 7 nitrogen and oxygen atoms in total. The van der Waals surface area contributed by atoms with Gasteiger partial charge >= 0.3 is 0 Å². The van der Waals surface area contributed by atoms with E-state index in [-0.39, 0.29) is 12.6 Å². The number of halogens is 1. The van der Waals surface area contributed by atoms with Gasteiger partial charge in [-0.3, -0.25) is 0 Å². The van der Waals surface area contributed by atoms with E-state index in [2.05, 4.69) is 20.3 Å². The molecule has 0 bridgehead atoms. The van der Waals surface area contributed by atoms with Crippen LogP contribution in [0.4, 0.5) is 11.8 Å². The maximum atomic E-state index is 9.42. The van der Waals surface area contributed by atoms with Crippen LogP contribution in [0.5, 0.6) is 0 Å². The van der Waals surface area contributed by atoms with E-state index in [1.165, 1.54) is 0 Å². The summed E-state index contributed by atoms with van der Waals surface area (Å²) in [4.78, 5) is 15.4. The highest BCUT2D eigenvalue weighted by atomic mass is 35.5. The molecule has 2 heterocycles. The van der Waals surface area contributed by atoms with Crippen LogP contribution < -0.4 is 10.2 Å². The van der Waals surface area contributed by atoms with Crippen molar-refractivity contribution in [2.75, 3.05) is 30.9 Å². The van der Waals surface area contributed by atoms with Gasteiger partial charge in [0.05, 0.1) is 0 Å². The third-order valence-electron chi connectivity index (χ3n) is 4.90. The lowest BCUT2D eigenvalue weighted by Crippen LogP contribution is -2.20. The number of anilines is 2. The van der Waals surface area contributed by atoms with Gasteiger partial charge in [-0.25, -0.2) is 4.98 Å². The smallest absolute Gasteiger partial charge is 0.234 e. The second-order valence-electron chi connectivity index (χ2n) is 7.12. The van der Waals surface area contributed by atoms with E-state index in [4.69, 9.17) is 16.0 Å². The molecule has 1 aliphatic carbocycles. The highest BCUT2D eigenvalue weighted by Gasteiger charge is 2.27. The van der Waals surface area contributed by atoms with E-state index in [1.807, 2.05) is 38.4 Å². The van der Waals surface area contributed by atoms with Crippen molar-refractivity contribution in [1.82, 2.24) is 15.0 Å². The van der Waals surface area contributed by atoms with Crippen LogP contribution in [0.25, 0.3) is 22.6 Å². The monoisotopic (exact) mass is 387 g/mol. The predicted octanol–water partition coefficient (Wildman–Crippen LogP) is 3.58. The number of hydrogen-bond acceptors (Lipinski definition) is 7. The molecule has 1 fully saturated rings. The molecule has 0 spiro atoms. The summed E-state index contributed by atoms with van der Waals surface area (Å²) < 4.78 is 5.91. The average molecular weight is 388 g/mol. The molecule has 1 aliphatic rings. The van der Waals surface area contributed by atoms with Gasteiger partial charge in [0.25, 0.3) is 0 Å². The number of aliphatic hydroxyl groups is 1. The normalized spacial score (nSPS) is 19.6. The van der Waals surface area contributed by atoms with Gasteiger partial charge < -0.3 is 19.7 Å². The highest BCUT2D eigenvalue weighted by Crippen LogP contribution is 2.37. The molecule has 0 unspecified atom stereocenters. The van der Waals surface area contributed by atoms with E-state index in [9.17, 15) is 5.11 Å². The molecule has 0 aliphatic heterocycles. The van der Waals surface area contributed by atoms with Gasteiger partial charge in [0.15, 0.2) is 5.58 Å².